The molecule has 1 saturated heterocycles. The number of rotatable bonds is 10. The van der Waals surface area contributed by atoms with Crippen LogP contribution in [0, 0.1) is 0 Å². The van der Waals surface area contributed by atoms with Gasteiger partial charge in [-0.15, -0.1) is 0 Å². The monoisotopic (exact) mass is 470 g/mol. The Kier molecular flexibility index (Phi) is 8.83. The van der Waals surface area contributed by atoms with Crippen LogP contribution in [0.3, 0.4) is 0 Å². The normalized spacial score (nSPS) is 15.7. The van der Waals surface area contributed by atoms with Crippen LogP contribution in [-0.4, -0.2) is 74.4 Å². The molecule has 0 aliphatic carbocycles. The third-order valence-electron chi connectivity index (χ3n) is 4.43. The lowest BCUT2D eigenvalue weighted by atomic mass is 10.1. The lowest BCUT2D eigenvalue weighted by Crippen LogP contribution is -2.54. The second-order valence-electron chi connectivity index (χ2n) is 6.70. The number of hydrogen-bond acceptors (Lipinski definition) is 5. The standard InChI is InChI=1S/C18H20F6N4O4/c19-12(20)6-27(7-13(21)22)15(17(25)30)18(31)26-9-1-2-11(10(5-9)16(23)24)28-3-4-32-8-14(28)29/h1-2,5,12-13,15-16H,3-4,6-8H2,(H2,25,30)(H,26,31)/t15-/m0/s1. The van der Waals surface area contributed by atoms with Gasteiger partial charge in [0.05, 0.1) is 25.4 Å². The number of anilines is 2. The van der Waals surface area contributed by atoms with Gasteiger partial charge in [-0.05, 0) is 18.2 Å². The molecule has 0 saturated carbocycles. The molecule has 0 unspecified atom stereocenters. The van der Waals surface area contributed by atoms with E-state index in [4.69, 9.17) is 10.5 Å². The molecule has 3 amide bonds. The van der Waals surface area contributed by atoms with Crippen molar-refractivity contribution in [1.29, 1.82) is 0 Å². The van der Waals surface area contributed by atoms with Gasteiger partial charge in [-0.3, -0.25) is 19.3 Å². The lowest BCUT2D eigenvalue weighted by molar-refractivity contribution is -0.134. The maximum atomic E-state index is 13.6. The van der Waals surface area contributed by atoms with Crippen LogP contribution in [0.1, 0.15) is 12.0 Å². The van der Waals surface area contributed by atoms with E-state index in [9.17, 15) is 40.7 Å². The highest BCUT2D eigenvalue weighted by Gasteiger charge is 2.35. The molecule has 1 aliphatic rings. The number of morpholine rings is 1. The summed E-state index contributed by atoms with van der Waals surface area (Å²) in [5.41, 5.74) is 4.01. The minimum atomic E-state index is -3.15. The molecule has 0 spiro atoms. The van der Waals surface area contributed by atoms with Crippen LogP contribution < -0.4 is 16.0 Å². The number of carbonyl (C=O) groups is 3. The first-order valence-corrected chi connectivity index (χ1v) is 9.22. The third kappa shape index (κ3) is 6.56. The molecule has 0 bridgehead atoms. The Hall–Kier alpha value is -2.87. The maximum absolute atomic E-state index is 13.6. The molecule has 1 heterocycles. The molecule has 14 heteroatoms. The second kappa shape index (κ2) is 11.1. The predicted octanol–water partition coefficient (Wildman–Crippen LogP) is 1.61. The van der Waals surface area contributed by atoms with Crippen molar-refractivity contribution in [3.05, 3.63) is 23.8 Å². The average Bonchev–Trinajstić information content (AvgIpc) is 2.67. The summed E-state index contributed by atoms with van der Waals surface area (Å²) in [6.45, 7) is -2.84. The van der Waals surface area contributed by atoms with E-state index in [1.165, 1.54) is 0 Å². The molecule has 2 rings (SSSR count). The Bertz CT molecular complexity index is 832. The quantitative estimate of drug-likeness (QED) is 0.400. The Labute approximate surface area is 178 Å². The first kappa shape index (κ1) is 25.4. The highest BCUT2D eigenvalue weighted by Crippen LogP contribution is 2.33. The van der Waals surface area contributed by atoms with E-state index in [1.54, 1.807) is 0 Å². The number of nitrogens with two attached hydrogens (primary N) is 1. The fraction of sp³-hybridized carbons (Fsp3) is 0.500. The number of alkyl halides is 6. The van der Waals surface area contributed by atoms with Gasteiger partial charge in [0.2, 0.25) is 5.91 Å². The van der Waals surface area contributed by atoms with Crippen LogP contribution in [0.15, 0.2) is 18.2 Å². The van der Waals surface area contributed by atoms with Crippen molar-refractivity contribution >= 4 is 29.1 Å². The topological polar surface area (TPSA) is 105 Å². The fourth-order valence-corrected chi connectivity index (χ4v) is 3.15. The molecule has 178 valence electrons. The Balaban J connectivity index is 2.30. The van der Waals surface area contributed by atoms with Crippen molar-refractivity contribution in [2.45, 2.75) is 25.3 Å². The number of halogens is 6. The largest absolute Gasteiger partial charge is 0.370 e. The van der Waals surface area contributed by atoms with Gasteiger partial charge >= 0.3 is 0 Å². The smallest absolute Gasteiger partial charge is 0.265 e. The molecule has 0 radical (unpaired) electrons. The number of carbonyl (C=O) groups excluding carboxylic acids is 3. The van der Waals surface area contributed by atoms with E-state index in [0.717, 1.165) is 23.1 Å². The fourth-order valence-electron chi connectivity index (χ4n) is 3.15. The van der Waals surface area contributed by atoms with E-state index in [2.05, 4.69) is 5.32 Å². The minimum Gasteiger partial charge on any atom is -0.370 e. The van der Waals surface area contributed by atoms with Gasteiger partial charge in [-0.2, -0.15) is 0 Å². The zero-order chi connectivity index (χ0) is 24.0. The zero-order valence-corrected chi connectivity index (χ0v) is 16.4. The molecular weight excluding hydrogens is 450 g/mol. The second-order valence-corrected chi connectivity index (χ2v) is 6.70. The summed E-state index contributed by atoms with van der Waals surface area (Å²) < 4.78 is 83.1. The molecule has 32 heavy (non-hydrogen) atoms. The van der Waals surface area contributed by atoms with E-state index in [0.29, 0.717) is 0 Å². The van der Waals surface area contributed by atoms with Gasteiger partial charge < -0.3 is 20.7 Å². The number of primary amides is 1. The summed E-state index contributed by atoms with van der Waals surface area (Å²) in [5, 5.41) is 2.05. The van der Waals surface area contributed by atoms with Crippen molar-refractivity contribution < 1.29 is 45.5 Å². The number of hydrogen-bond donors (Lipinski definition) is 2. The number of benzene rings is 1. The zero-order valence-electron chi connectivity index (χ0n) is 16.4. The molecular formula is C18H20F6N4O4. The number of amides is 3. The Morgan fingerprint density at radius 2 is 1.75 bits per heavy atom. The van der Waals surface area contributed by atoms with Crippen molar-refractivity contribution in [2.75, 3.05) is 43.1 Å². The van der Waals surface area contributed by atoms with Gasteiger partial charge in [-0.25, -0.2) is 26.3 Å². The first-order chi connectivity index (χ1) is 15.0. The SMILES string of the molecule is NC(=O)[C@@H](C(=O)Nc1ccc(N2CCOCC2=O)c(C(F)F)c1)N(CC(F)F)CC(F)F. The average molecular weight is 470 g/mol. The summed E-state index contributed by atoms with van der Waals surface area (Å²) in [7, 11) is 0. The van der Waals surface area contributed by atoms with Crippen molar-refractivity contribution in [3.8, 4) is 0 Å². The van der Waals surface area contributed by atoms with Crippen LogP contribution >= 0.6 is 0 Å². The van der Waals surface area contributed by atoms with Gasteiger partial charge in [0.25, 0.3) is 31.1 Å². The first-order valence-electron chi connectivity index (χ1n) is 9.22. The van der Waals surface area contributed by atoms with Crippen LogP contribution in [-0.2, 0) is 19.1 Å². The summed E-state index contributed by atoms with van der Waals surface area (Å²) >= 11 is 0. The summed E-state index contributed by atoms with van der Waals surface area (Å²) in [6.07, 6.45) is -9.38. The van der Waals surface area contributed by atoms with Gasteiger partial charge in [0, 0.05) is 17.8 Å². The molecule has 1 aromatic carbocycles. The van der Waals surface area contributed by atoms with Gasteiger partial charge in [-0.1, -0.05) is 0 Å². The van der Waals surface area contributed by atoms with E-state index in [-0.39, 0.29) is 36.0 Å². The van der Waals surface area contributed by atoms with Crippen LogP contribution in [0.25, 0.3) is 0 Å². The summed E-state index contributed by atoms with van der Waals surface area (Å²) in [6, 6.07) is 0.872. The number of ether oxygens (including phenoxy) is 1. The van der Waals surface area contributed by atoms with Crippen molar-refractivity contribution in [2.24, 2.45) is 5.73 Å². The molecule has 1 fully saturated rings. The summed E-state index contributed by atoms with van der Waals surface area (Å²) in [5.74, 6) is -3.39. The Morgan fingerprint density at radius 1 is 1.12 bits per heavy atom. The van der Waals surface area contributed by atoms with Gasteiger partial charge in [0.15, 0.2) is 6.04 Å². The highest BCUT2D eigenvalue weighted by atomic mass is 19.3. The van der Waals surface area contributed by atoms with Crippen LogP contribution in [0.4, 0.5) is 37.7 Å². The van der Waals surface area contributed by atoms with Crippen LogP contribution in [0.2, 0.25) is 0 Å². The van der Waals surface area contributed by atoms with Gasteiger partial charge in [0.1, 0.15) is 6.61 Å². The number of nitrogens with one attached hydrogen (secondary N) is 1. The molecule has 1 aromatic rings. The molecule has 3 N–H and O–H groups in total. The highest BCUT2D eigenvalue weighted by molar-refractivity contribution is 6.09. The molecule has 0 aromatic heterocycles. The minimum absolute atomic E-state index is 0.0181. The summed E-state index contributed by atoms with van der Waals surface area (Å²) in [4.78, 5) is 37.4. The Morgan fingerprint density at radius 3 is 2.25 bits per heavy atom. The van der Waals surface area contributed by atoms with Crippen LogP contribution in [0.5, 0.6) is 0 Å². The molecule has 8 nitrogen and oxygen atoms in total. The van der Waals surface area contributed by atoms with Crippen molar-refractivity contribution in [1.82, 2.24) is 4.90 Å². The number of nitrogens with zero attached hydrogens (tertiary/aromatic N) is 2. The molecule has 1 aliphatic heterocycles. The predicted molar refractivity (Wildman–Crippen MR) is 99.8 cm³/mol. The lowest BCUT2D eigenvalue weighted by Gasteiger charge is -2.29. The maximum Gasteiger partial charge on any atom is 0.265 e. The third-order valence-corrected chi connectivity index (χ3v) is 4.43. The van der Waals surface area contributed by atoms with E-state index in [1.807, 2.05) is 0 Å². The van der Waals surface area contributed by atoms with E-state index < -0.39 is 61.7 Å². The van der Waals surface area contributed by atoms with Crippen molar-refractivity contribution in [3.63, 3.8) is 0 Å². The van der Waals surface area contributed by atoms with E-state index >= 15 is 0 Å². The molecule has 1 atom stereocenters.